The fourth-order valence-electron chi connectivity index (χ4n) is 4.14. The van der Waals surface area contributed by atoms with E-state index >= 15 is 0 Å². The SMILES string of the molecule is O=C(c1ncc(C2=CCNCC2)s1)N1CCN(S(=O)(=O)c2ccc3cc(Cl)ccc3c2)CC1. The number of hydrogen-bond acceptors (Lipinski definition) is 6. The molecule has 3 heterocycles. The number of rotatable bonds is 4. The second-order valence-corrected chi connectivity index (χ2v) is 11.5. The van der Waals surface area contributed by atoms with Crippen LogP contribution < -0.4 is 5.32 Å². The van der Waals surface area contributed by atoms with Crippen molar-refractivity contribution in [1.29, 1.82) is 0 Å². The molecule has 172 valence electrons. The molecule has 1 saturated heterocycles. The summed E-state index contributed by atoms with van der Waals surface area (Å²) in [6.07, 6.45) is 4.83. The van der Waals surface area contributed by atoms with Crippen molar-refractivity contribution < 1.29 is 13.2 Å². The van der Waals surface area contributed by atoms with Crippen molar-refractivity contribution in [3.63, 3.8) is 0 Å². The summed E-state index contributed by atoms with van der Waals surface area (Å²) in [6, 6.07) is 10.4. The van der Waals surface area contributed by atoms with Gasteiger partial charge in [-0.2, -0.15) is 4.31 Å². The predicted molar refractivity (Wildman–Crippen MR) is 131 cm³/mol. The lowest BCUT2D eigenvalue weighted by atomic mass is 10.1. The number of carbonyl (C=O) groups is 1. The molecule has 0 spiro atoms. The van der Waals surface area contributed by atoms with E-state index in [0.29, 0.717) is 23.1 Å². The van der Waals surface area contributed by atoms with Gasteiger partial charge in [0, 0.05) is 43.9 Å². The maximum absolute atomic E-state index is 13.2. The number of thiazole rings is 1. The zero-order valence-electron chi connectivity index (χ0n) is 17.8. The first-order valence-electron chi connectivity index (χ1n) is 10.8. The summed E-state index contributed by atoms with van der Waals surface area (Å²) < 4.78 is 27.8. The van der Waals surface area contributed by atoms with Crippen LogP contribution in [0.2, 0.25) is 5.02 Å². The van der Waals surface area contributed by atoms with E-state index in [-0.39, 0.29) is 23.9 Å². The van der Waals surface area contributed by atoms with E-state index in [1.165, 1.54) is 21.2 Å². The van der Waals surface area contributed by atoms with Crippen LogP contribution in [0.25, 0.3) is 16.3 Å². The Morgan fingerprint density at radius 3 is 2.58 bits per heavy atom. The molecule has 0 atom stereocenters. The summed E-state index contributed by atoms with van der Waals surface area (Å²) >= 11 is 7.43. The lowest BCUT2D eigenvalue weighted by Crippen LogP contribution is -2.50. The third-order valence-electron chi connectivity index (χ3n) is 6.01. The predicted octanol–water partition coefficient (Wildman–Crippen LogP) is 3.47. The molecule has 0 aliphatic carbocycles. The molecule has 0 bridgehead atoms. The number of fused-ring (bicyclic) bond motifs is 1. The number of aromatic nitrogens is 1. The Labute approximate surface area is 201 Å². The summed E-state index contributed by atoms with van der Waals surface area (Å²) in [7, 11) is -3.65. The van der Waals surface area contributed by atoms with Crippen LogP contribution in [0.4, 0.5) is 0 Å². The molecule has 0 saturated carbocycles. The molecule has 2 aliphatic rings. The van der Waals surface area contributed by atoms with Gasteiger partial charge in [-0.15, -0.1) is 11.3 Å². The molecule has 3 aromatic rings. The summed E-state index contributed by atoms with van der Waals surface area (Å²) in [5.74, 6) is -0.139. The van der Waals surface area contributed by atoms with Crippen molar-refractivity contribution in [3.05, 3.63) is 63.6 Å². The lowest BCUT2D eigenvalue weighted by Gasteiger charge is -2.33. The number of sulfonamides is 1. The molecule has 33 heavy (non-hydrogen) atoms. The molecule has 10 heteroatoms. The van der Waals surface area contributed by atoms with Crippen LogP contribution in [0, 0.1) is 0 Å². The molecular formula is C23H23ClN4O3S2. The molecule has 0 unspecified atom stereocenters. The van der Waals surface area contributed by atoms with Gasteiger partial charge in [0.2, 0.25) is 10.0 Å². The van der Waals surface area contributed by atoms with Gasteiger partial charge in [0.25, 0.3) is 5.91 Å². The number of amides is 1. The number of piperazine rings is 1. The Morgan fingerprint density at radius 1 is 1.06 bits per heavy atom. The molecule has 1 amide bonds. The normalized spacial score (nSPS) is 17.8. The lowest BCUT2D eigenvalue weighted by molar-refractivity contribution is 0.0697. The zero-order valence-corrected chi connectivity index (χ0v) is 20.2. The molecule has 0 radical (unpaired) electrons. The number of benzene rings is 2. The summed E-state index contributed by atoms with van der Waals surface area (Å²) in [6.45, 7) is 2.93. The second-order valence-electron chi connectivity index (χ2n) is 8.06. The Morgan fingerprint density at radius 2 is 1.82 bits per heavy atom. The third-order valence-corrected chi connectivity index (χ3v) is 9.20. The average molecular weight is 503 g/mol. The molecule has 1 aromatic heterocycles. The van der Waals surface area contributed by atoms with E-state index < -0.39 is 10.0 Å². The van der Waals surface area contributed by atoms with Crippen LogP contribution in [0.3, 0.4) is 0 Å². The molecule has 2 aromatic carbocycles. The van der Waals surface area contributed by atoms with E-state index in [1.54, 1.807) is 35.4 Å². The Kier molecular flexibility index (Phi) is 6.24. The molecular weight excluding hydrogens is 480 g/mol. The minimum Gasteiger partial charge on any atom is -0.334 e. The fourth-order valence-corrected chi connectivity index (χ4v) is 6.73. The fraction of sp³-hybridized carbons (Fsp3) is 0.304. The quantitative estimate of drug-likeness (QED) is 0.590. The smallest absolute Gasteiger partial charge is 0.282 e. The van der Waals surface area contributed by atoms with Gasteiger partial charge in [-0.1, -0.05) is 29.8 Å². The van der Waals surface area contributed by atoms with Gasteiger partial charge in [-0.25, -0.2) is 13.4 Å². The zero-order chi connectivity index (χ0) is 23.0. The monoisotopic (exact) mass is 502 g/mol. The van der Waals surface area contributed by atoms with E-state index in [0.717, 1.165) is 35.2 Å². The van der Waals surface area contributed by atoms with Gasteiger partial charge in [0.15, 0.2) is 5.01 Å². The number of nitrogens with zero attached hydrogens (tertiary/aromatic N) is 3. The molecule has 7 nitrogen and oxygen atoms in total. The van der Waals surface area contributed by atoms with Gasteiger partial charge < -0.3 is 10.2 Å². The van der Waals surface area contributed by atoms with Crippen molar-refractivity contribution in [2.45, 2.75) is 11.3 Å². The Bertz CT molecular complexity index is 1340. The van der Waals surface area contributed by atoms with E-state index in [2.05, 4.69) is 16.4 Å². The highest BCUT2D eigenvalue weighted by Gasteiger charge is 2.31. The molecule has 2 aliphatic heterocycles. The van der Waals surface area contributed by atoms with Crippen LogP contribution in [0.1, 0.15) is 21.1 Å². The first-order valence-corrected chi connectivity index (χ1v) is 13.4. The standard InChI is InChI=1S/C23H23ClN4O3S2/c24-19-3-1-18-14-20(4-2-17(18)13-19)33(30,31)28-11-9-27(10-12-28)23(29)22-26-15-21(32-22)16-5-7-25-8-6-16/h1-5,13-15,25H,6-12H2. The van der Waals surface area contributed by atoms with Crippen molar-refractivity contribution in [3.8, 4) is 0 Å². The van der Waals surface area contributed by atoms with Crippen LogP contribution in [0.15, 0.2) is 53.6 Å². The van der Waals surface area contributed by atoms with Crippen molar-refractivity contribution in [2.75, 3.05) is 39.3 Å². The minimum absolute atomic E-state index is 0.139. The van der Waals surface area contributed by atoms with E-state index in [4.69, 9.17) is 11.6 Å². The number of hydrogen-bond donors (Lipinski definition) is 1. The molecule has 5 rings (SSSR count). The van der Waals surface area contributed by atoms with Crippen LogP contribution in [-0.4, -0.2) is 67.8 Å². The van der Waals surface area contributed by atoms with Crippen LogP contribution in [-0.2, 0) is 10.0 Å². The number of nitrogens with one attached hydrogen (secondary N) is 1. The largest absolute Gasteiger partial charge is 0.334 e. The summed E-state index contributed by atoms with van der Waals surface area (Å²) in [5.41, 5.74) is 1.22. The topological polar surface area (TPSA) is 82.6 Å². The Hall–Kier alpha value is -2.30. The van der Waals surface area contributed by atoms with Crippen LogP contribution in [0.5, 0.6) is 0 Å². The highest BCUT2D eigenvalue weighted by Crippen LogP contribution is 2.28. The maximum atomic E-state index is 13.2. The first-order chi connectivity index (χ1) is 15.9. The first kappa shape index (κ1) is 22.5. The maximum Gasteiger partial charge on any atom is 0.282 e. The van der Waals surface area contributed by atoms with Crippen molar-refractivity contribution in [1.82, 2.24) is 19.5 Å². The van der Waals surface area contributed by atoms with Gasteiger partial charge in [-0.05, 0) is 53.6 Å². The Balaban J connectivity index is 1.26. The van der Waals surface area contributed by atoms with E-state index in [1.807, 2.05) is 12.1 Å². The molecule has 1 N–H and O–H groups in total. The van der Waals surface area contributed by atoms with Gasteiger partial charge in [-0.3, -0.25) is 4.79 Å². The summed E-state index contributed by atoms with van der Waals surface area (Å²) in [4.78, 5) is 20.3. The average Bonchev–Trinajstić information content (AvgIpc) is 3.34. The highest BCUT2D eigenvalue weighted by atomic mass is 35.5. The number of halogens is 1. The van der Waals surface area contributed by atoms with Crippen molar-refractivity contribution >= 4 is 55.2 Å². The second kappa shape index (κ2) is 9.15. The number of carbonyl (C=O) groups excluding carboxylic acids is 1. The minimum atomic E-state index is -3.65. The van der Waals surface area contributed by atoms with Gasteiger partial charge >= 0.3 is 0 Å². The van der Waals surface area contributed by atoms with Crippen LogP contribution >= 0.6 is 22.9 Å². The molecule has 1 fully saturated rings. The van der Waals surface area contributed by atoms with Crippen molar-refractivity contribution in [2.24, 2.45) is 0 Å². The summed E-state index contributed by atoms with van der Waals surface area (Å²) in [5, 5.41) is 6.05. The van der Waals surface area contributed by atoms with Gasteiger partial charge in [0.05, 0.1) is 9.77 Å². The van der Waals surface area contributed by atoms with E-state index in [9.17, 15) is 13.2 Å². The van der Waals surface area contributed by atoms with Gasteiger partial charge in [0.1, 0.15) is 0 Å². The third kappa shape index (κ3) is 4.56. The highest BCUT2D eigenvalue weighted by molar-refractivity contribution is 7.89.